The van der Waals surface area contributed by atoms with Gasteiger partial charge in [-0.2, -0.15) is 13.2 Å². The number of amides is 2. The molecule has 0 spiro atoms. The first-order valence-electron chi connectivity index (χ1n) is 5.70. The van der Waals surface area contributed by atoms with E-state index in [2.05, 4.69) is 10.6 Å². The molecule has 0 radical (unpaired) electrons. The van der Waals surface area contributed by atoms with E-state index in [1.807, 2.05) is 0 Å². The van der Waals surface area contributed by atoms with E-state index in [0.29, 0.717) is 0 Å². The van der Waals surface area contributed by atoms with Crippen LogP contribution in [0.5, 0.6) is 0 Å². The largest absolute Gasteiger partial charge is 0.479 e. The van der Waals surface area contributed by atoms with Crippen molar-refractivity contribution in [1.29, 1.82) is 0 Å². The highest BCUT2D eigenvalue weighted by Gasteiger charge is 2.31. The molecule has 1 atom stereocenters. The Morgan fingerprint density at radius 1 is 1.19 bits per heavy atom. The van der Waals surface area contributed by atoms with Gasteiger partial charge in [0, 0.05) is 5.69 Å². The van der Waals surface area contributed by atoms with Gasteiger partial charge in [0.15, 0.2) is 5.60 Å². The van der Waals surface area contributed by atoms with E-state index in [1.165, 1.54) is 0 Å². The van der Waals surface area contributed by atoms with Crippen molar-refractivity contribution < 1.29 is 33.0 Å². The molecule has 1 unspecified atom stereocenters. The number of rotatable bonds is 4. The number of carboxylic acid groups (broad SMARTS) is 1. The summed E-state index contributed by atoms with van der Waals surface area (Å²) in [6, 6.07) is 2.85. The summed E-state index contributed by atoms with van der Waals surface area (Å²) in [5, 5.41) is 22.3. The fourth-order valence-corrected chi connectivity index (χ4v) is 1.25. The molecule has 116 valence electrons. The molecule has 0 fully saturated rings. The number of urea groups is 1. The number of carbonyl (C=O) groups is 2. The average Bonchev–Trinajstić information content (AvgIpc) is 2.36. The van der Waals surface area contributed by atoms with Crippen LogP contribution in [0.1, 0.15) is 12.5 Å². The summed E-state index contributed by atoms with van der Waals surface area (Å²) in [7, 11) is 0. The maximum absolute atomic E-state index is 12.3. The maximum Gasteiger partial charge on any atom is 0.416 e. The second kappa shape index (κ2) is 6.00. The molecule has 1 aromatic carbocycles. The Bertz CT molecular complexity index is 526. The zero-order chi connectivity index (χ0) is 16.3. The number of aliphatic hydroxyl groups is 1. The molecular formula is C12H13F3N2O4. The number of alkyl halides is 3. The highest BCUT2D eigenvalue weighted by molar-refractivity contribution is 5.89. The Balaban J connectivity index is 2.58. The van der Waals surface area contributed by atoms with Gasteiger partial charge in [-0.15, -0.1) is 0 Å². The van der Waals surface area contributed by atoms with Gasteiger partial charge in [0.25, 0.3) is 0 Å². The van der Waals surface area contributed by atoms with Crippen molar-refractivity contribution in [1.82, 2.24) is 5.32 Å². The third-order valence-electron chi connectivity index (χ3n) is 2.52. The maximum atomic E-state index is 12.3. The fourth-order valence-electron chi connectivity index (χ4n) is 1.25. The van der Waals surface area contributed by atoms with E-state index < -0.39 is 35.9 Å². The van der Waals surface area contributed by atoms with Crippen molar-refractivity contribution in [2.75, 3.05) is 11.9 Å². The Labute approximate surface area is 117 Å². The van der Waals surface area contributed by atoms with Gasteiger partial charge in [-0.25, -0.2) is 9.59 Å². The number of carbonyl (C=O) groups excluding carboxylic acids is 1. The first kappa shape index (κ1) is 16.8. The molecule has 0 aliphatic rings. The third-order valence-corrected chi connectivity index (χ3v) is 2.52. The highest BCUT2D eigenvalue weighted by atomic mass is 19.4. The van der Waals surface area contributed by atoms with Crippen molar-refractivity contribution in [3.8, 4) is 0 Å². The number of hydrogen-bond donors (Lipinski definition) is 4. The van der Waals surface area contributed by atoms with Crippen LogP contribution in [0.2, 0.25) is 0 Å². The minimum Gasteiger partial charge on any atom is -0.479 e. The molecule has 1 aromatic rings. The van der Waals surface area contributed by atoms with Crippen LogP contribution in [0.15, 0.2) is 24.3 Å². The number of halogens is 3. The van der Waals surface area contributed by atoms with Crippen LogP contribution in [0.4, 0.5) is 23.7 Å². The van der Waals surface area contributed by atoms with Gasteiger partial charge in [0.05, 0.1) is 12.1 Å². The molecule has 2 amide bonds. The molecular weight excluding hydrogens is 293 g/mol. The van der Waals surface area contributed by atoms with Crippen molar-refractivity contribution in [2.45, 2.75) is 18.7 Å². The number of nitrogens with one attached hydrogen (secondary N) is 2. The van der Waals surface area contributed by atoms with Gasteiger partial charge >= 0.3 is 18.2 Å². The van der Waals surface area contributed by atoms with Gasteiger partial charge in [0.2, 0.25) is 0 Å². The molecule has 0 aliphatic heterocycles. The molecule has 21 heavy (non-hydrogen) atoms. The minimum absolute atomic E-state index is 0.0930. The van der Waals surface area contributed by atoms with Gasteiger partial charge < -0.3 is 20.8 Å². The van der Waals surface area contributed by atoms with Crippen LogP contribution < -0.4 is 10.6 Å². The second-order valence-corrected chi connectivity index (χ2v) is 4.46. The molecule has 0 aliphatic carbocycles. The average molecular weight is 306 g/mol. The molecule has 0 heterocycles. The lowest BCUT2D eigenvalue weighted by molar-refractivity contribution is -0.155. The number of benzene rings is 1. The normalized spacial score (nSPS) is 14.1. The van der Waals surface area contributed by atoms with E-state index in [9.17, 15) is 27.9 Å². The lowest BCUT2D eigenvalue weighted by Gasteiger charge is -2.18. The summed E-state index contributed by atoms with van der Waals surface area (Å²) in [5.41, 5.74) is -2.91. The Morgan fingerprint density at radius 3 is 2.14 bits per heavy atom. The lowest BCUT2D eigenvalue weighted by Crippen LogP contribution is -2.47. The number of aliphatic carboxylic acids is 1. The summed E-state index contributed by atoms with van der Waals surface area (Å²) >= 11 is 0. The van der Waals surface area contributed by atoms with Gasteiger partial charge in [-0.3, -0.25) is 0 Å². The summed E-state index contributed by atoms with van der Waals surface area (Å²) in [5.74, 6) is -1.52. The van der Waals surface area contributed by atoms with Crippen LogP contribution in [0.25, 0.3) is 0 Å². The predicted molar refractivity (Wildman–Crippen MR) is 66.7 cm³/mol. The van der Waals surface area contributed by atoms with Gasteiger partial charge in [-0.05, 0) is 31.2 Å². The molecule has 6 nitrogen and oxygen atoms in total. The first-order valence-corrected chi connectivity index (χ1v) is 5.70. The van der Waals surface area contributed by atoms with Crippen molar-refractivity contribution in [2.24, 2.45) is 0 Å². The van der Waals surface area contributed by atoms with Crippen LogP contribution in [-0.2, 0) is 11.0 Å². The van der Waals surface area contributed by atoms with Crippen molar-refractivity contribution >= 4 is 17.7 Å². The Morgan fingerprint density at radius 2 is 1.71 bits per heavy atom. The van der Waals surface area contributed by atoms with E-state index in [-0.39, 0.29) is 5.69 Å². The van der Waals surface area contributed by atoms with Crippen LogP contribution in [0, 0.1) is 0 Å². The fraction of sp³-hybridized carbons (Fsp3) is 0.333. The van der Waals surface area contributed by atoms with Crippen LogP contribution >= 0.6 is 0 Å². The molecule has 4 N–H and O–H groups in total. The first-order chi connectivity index (χ1) is 9.52. The standard InChI is InChI=1S/C12H13F3N2O4/c1-11(21,9(18)19)6-16-10(20)17-8-4-2-7(3-5-8)12(13,14)15/h2-5,21H,6H2,1H3,(H,18,19)(H2,16,17,20). The Hall–Kier alpha value is -2.29. The van der Waals surface area contributed by atoms with Crippen LogP contribution in [0.3, 0.4) is 0 Å². The SMILES string of the molecule is CC(O)(CNC(=O)Nc1ccc(C(F)(F)F)cc1)C(=O)O. The smallest absolute Gasteiger partial charge is 0.416 e. The van der Waals surface area contributed by atoms with Gasteiger partial charge in [-0.1, -0.05) is 0 Å². The van der Waals surface area contributed by atoms with Crippen molar-refractivity contribution in [3.05, 3.63) is 29.8 Å². The van der Waals surface area contributed by atoms with E-state index in [0.717, 1.165) is 31.2 Å². The number of carboxylic acids is 1. The lowest BCUT2D eigenvalue weighted by atomic mass is 10.1. The summed E-state index contributed by atoms with van der Waals surface area (Å²) < 4.78 is 37.0. The van der Waals surface area contributed by atoms with E-state index >= 15 is 0 Å². The van der Waals surface area contributed by atoms with Gasteiger partial charge in [0.1, 0.15) is 0 Å². The predicted octanol–water partition coefficient (Wildman–Crippen LogP) is 1.66. The van der Waals surface area contributed by atoms with Crippen molar-refractivity contribution in [3.63, 3.8) is 0 Å². The topological polar surface area (TPSA) is 98.7 Å². The monoisotopic (exact) mass is 306 g/mol. The number of hydrogen-bond acceptors (Lipinski definition) is 3. The molecule has 9 heteroatoms. The van der Waals surface area contributed by atoms with Crippen LogP contribution in [-0.4, -0.2) is 34.4 Å². The second-order valence-electron chi connectivity index (χ2n) is 4.46. The highest BCUT2D eigenvalue weighted by Crippen LogP contribution is 2.29. The summed E-state index contributed by atoms with van der Waals surface area (Å²) in [6.07, 6.45) is -4.47. The molecule has 1 rings (SSSR count). The molecule has 0 saturated carbocycles. The molecule has 0 aromatic heterocycles. The molecule has 0 saturated heterocycles. The van der Waals surface area contributed by atoms with E-state index in [4.69, 9.17) is 5.11 Å². The molecule has 0 bridgehead atoms. The number of anilines is 1. The quantitative estimate of drug-likeness (QED) is 0.680. The zero-order valence-electron chi connectivity index (χ0n) is 10.9. The zero-order valence-corrected chi connectivity index (χ0v) is 10.9. The van der Waals surface area contributed by atoms with E-state index in [1.54, 1.807) is 0 Å². The Kier molecular flexibility index (Phi) is 4.79. The third kappa shape index (κ3) is 4.95. The summed E-state index contributed by atoms with van der Waals surface area (Å²) in [4.78, 5) is 22.0. The minimum atomic E-state index is -4.47. The summed E-state index contributed by atoms with van der Waals surface area (Å²) in [6.45, 7) is 0.433.